The number of benzene rings is 3. The van der Waals surface area contributed by atoms with Crippen molar-refractivity contribution in [2.75, 3.05) is 0 Å². The molecule has 0 heterocycles. The second kappa shape index (κ2) is 11.5. The van der Waals surface area contributed by atoms with Crippen LogP contribution < -0.4 is 15.6 Å². The maximum atomic E-state index is 2.65. The quantitative estimate of drug-likeness (QED) is 0.194. The molecule has 0 N–H and O–H groups in total. The summed E-state index contributed by atoms with van der Waals surface area (Å²) in [7, 11) is -2.73. The highest BCUT2D eigenvalue weighted by atomic mass is 28.3. The molecule has 2 atom stereocenters. The minimum Gasteiger partial charge on any atom is -0.0730 e. The minimum atomic E-state index is -2.73. The van der Waals surface area contributed by atoms with Crippen LogP contribution in [0.5, 0.6) is 0 Å². The molecule has 0 amide bonds. The van der Waals surface area contributed by atoms with Gasteiger partial charge in [0.1, 0.15) is 0 Å². The maximum absolute atomic E-state index is 2.73. The molecule has 1 heteroatoms. The lowest BCUT2D eigenvalue weighted by Gasteiger charge is -2.48. The monoisotopic (exact) mass is 576 g/mol. The summed E-state index contributed by atoms with van der Waals surface area (Å²) >= 11 is 0. The van der Waals surface area contributed by atoms with E-state index in [0.717, 1.165) is 6.42 Å². The molecule has 0 radical (unpaired) electrons. The lowest BCUT2D eigenvalue weighted by atomic mass is 9.81. The Kier molecular flexibility index (Phi) is 8.80. The zero-order chi connectivity index (χ0) is 31.3. The van der Waals surface area contributed by atoms with Crippen LogP contribution in [0, 0.1) is 13.8 Å². The molecule has 1 aliphatic carbocycles. The fourth-order valence-electron chi connectivity index (χ4n) is 7.33. The standard InChI is InChI=1S/C41H56Si/c1-14-15-16-33-17-19-36(20-18-33)42(37-22-28(2)21-29(3)23-37,41(13)27-30(4)31(5)32(41)6)38-25-34(39(7,8)9)24-35(26-38)40(10,11)12/h17-27H,14-16H2,1-13H3. The van der Waals surface area contributed by atoms with Crippen molar-refractivity contribution in [3.63, 3.8) is 0 Å². The molecule has 2 unspecified atom stereocenters. The van der Waals surface area contributed by atoms with E-state index in [0.29, 0.717) is 0 Å². The zero-order valence-electron chi connectivity index (χ0n) is 29.0. The number of hydrogen-bond acceptors (Lipinski definition) is 0. The molecule has 3 aromatic rings. The Bertz CT molecular complexity index is 1460. The molecular formula is C41H56Si. The molecule has 0 aromatic heterocycles. The molecule has 42 heavy (non-hydrogen) atoms. The first-order valence-corrected chi connectivity index (χ1v) is 18.2. The van der Waals surface area contributed by atoms with E-state index in [9.17, 15) is 0 Å². The lowest BCUT2D eigenvalue weighted by molar-refractivity contribution is 0.569. The first-order chi connectivity index (χ1) is 19.4. The van der Waals surface area contributed by atoms with Crippen LogP contribution in [0.25, 0.3) is 0 Å². The van der Waals surface area contributed by atoms with Gasteiger partial charge >= 0.3 is 0 Å². The van der Waals surface area contributed by atoms with Gasteiger partial charge in [-0.1, -0.05) is 151 Å². The average molecular weight is 577 g/mol. The Morgan fingerprint density at radius 2 is 1.14 bits per heavy atom. The lowest BCUT2D eigenvalue weighted by Crippen LogP contribution is -2.73. The van der Waals surface area contributed by atoms with E-state index in [-0.39, 0.29) is 15.9 Å². The summed E-state index contributed by atoms with van der Waals surface area (Å²) in [6.07, 6.45) is 6.26. The molecule has 0 saturated carbocycles. The van der Waals surface area contributed by atoms with Crippen LogP contribution in [0.2, 0.25) is 5.04 Å². The van der Waals surface area contributed by atoms with Crippen molar-refractivity contribution in [3.05, 3.63) is 111 Å². The highest BCUT2D eigenvalue weighted by molar-refractivity contribution is 7.14. The Balaban J connectivity index is 2.26. The number of hydrogen-bond donors (Lipinski definition) is 0. The second-order valence-electron chi connectivity index (χ2n) is 15.5. The van der Waals surface area contributed by atoms with Gasteiger partial charge in [-0.05, 0) is 96.1 Å². The predicted octanol–water partition coefficient (Wildman–Crippen LogP) is 9.77. The number of aryl methyl sites for hydroxylation is 3. The van der Waals surface area contributed by atoms with Crippen molar-refractivity contribution in [1.29, 1.82) is 0 Å². The van der Waals surface area contributed by atoms with Crippen molar-refractivity contribution < 1.29 is 0 Å². The molecule has 0 bridgehead atoms. The first-order valence-electron chi connectivity index (χ1n) is 16.2. The van der Waals surface area contributed by atoms with E-state index in [1.807, 2.05) is 0 Å². The third kappa shape index (κ3) is 5.67. The summed E-state index contributed by atoms with van der Waals surface area (Å²) in [5.74, 6) is 0. The fraction of sp³-hybridized carbons (Fsp3) is 0.463. The average Bonchev–Trinajstić information content (AvgIpc) is 3.09. The summed E-state index contributed by atoms with van der Waals surface area (Å²) in [6, 6.07) is 25.0. The van der Waals surface area contributed by atoms with Gasteiger partial charge in [0.25, 0.3) is 0 Å². The molecular weight excluding hydrogens is 521 g/mol. The van der Waals surface area contributed by atoms with Crippen LogP contribution in [0.15, 0.2) is 83.5 Å². The maximum Gasteiger partial charge on any atom is 0.161 e. The molecule has 0 aliphatic heterocycles. The molecule has 1 aliphatic rings. The summed E-state index contributed by atoms with van der Waals surface area (Å²) in [6.45, 7) is 30.7. The van der Waals surface area contributed by atoms with Crippen molar-refractivity contribution in [3.8, 4) is 0 Å². The fourth-order valence-corrected chi connectivity index (χ4v) is 13.6. The van der Waals surface area contributed by atoms with Gasteiger partial charge in [-0.3, -0.25) is 0 Å². The van der Waals surface area contributed by atoms with E-state index < -0.39 is 8.07 Å². The van der Waals surface area contributed by atoms with E-state index >= 15 is 0 Å². The van der Waals surface area contributed by atoms with Gasteiger partial charge in [-0.2, -0.15) is 0 Å². The molecule has 0 nitrogen and oxygen atoms in total. The van der Waals surface area contributed by atoms with Gasteiger partial charge in [0.2, 0.25) is 0 Å². The van der Waals surface area contributed by atoms with Gasteiger partial charge in [0.05, 0.1) is 0 Å². The van der Waals surface area contributed by atoms with Crippen molar-refractivity contribution >= 4 is 23.6 Å². The SMILES string of the molecule is CCCCc1ccc([Si](c2cc(C)cc(C)c2)(c2cc(C(C)(C)C)cc(C(C)(C)C)c2)C2(C)C=C(C)C(C)=C2C)cc1. The van der Waals surface area contributed by atoms with E-state index in [4.69, 9.17) is 0 Å². The van der Waals surface area contributed by atoms with Crippen molar-refractivity contribution in [2.24, 2.45) is 0 Å². The van der Waals surface area contributed by atoms with Crippen LogP contribution >= 0.6 is 0 Å². The first kappa shape index (κ1) is 32.3. The van der Waals surface area contributed by atoms with E-state index in [1.54, 1.807) is 0 Å². The van der Waals surface area contributed by atoms with Crippen LogP contribution in [0.1, 0.15) is 117 Å². The van der Waals surface area contributed by atoms with Crippen molar-refractivity contribution in [2.45, 2.75) is 125 Å². The van der Waals surface area contributed by atoms with Gasteiger partial charge in [-0.25, -0.2) is 0 Å². The van der Waals surface area contributed by atoms with Crippen LogP contribution in [-0.2, 0) is 17.3 Å². The van der Waals surface area contributed by atoms with Crippen LogP contribution in [0.4, 0.5) is 0 Å². The van der Waals surface area contributed by atoms with Gasteiger partial charge < -0.3 is 0 Å². The summed E-state index contributed by atoms with van der Waals surface area (Å²) in [5, 5.41) is 4.46. The zero-order valence-corrected chi connectivity index (χ0v) is 30.0. The van der Waals surface area contributed by atoms with Gasteiger partial charge in [-0.15, -0.1) is 0 Å². The Hall–Kier alpha value is -2.64. The highest BCUT2D eigenvalue weighted by Gasteiger charge is 2.56. The molecule has 0 spiro atoms. The Labute approximate surface area is 259 Å². The third-order valence-corrected chi connectivity index (χ3v) is 15.8. The molecule has 0 saturated heterocycles. The number of unbranched alkanes of at least 4 members (excludes halogenated alkanes) is 1. The smallest absolute Gasteiger partial charge is 0.0730 e. The largest absolute Gasteiger partial charge is 0.161 e. The number of rotatable bonds is 7. The van der Waals surface area contributed by atoms with Gasteiger partial charge in [0, 0.05) is 5.04 Å². The van der Waals surface area contributed by atoms with E-state index in [1.165, 1.54) is 72.9 Å². The summed E-state index contributed by atoms with van der Waals surface area (Å²) in [5.41, 5.74) is 11.5. The van der Waals surface area contributed by atoms with Gasteiger partial charge in [0.15, 0.2) is 8.07 Å². The topological polar surface area (TPSA) is 0 Å². The normalized spacial score (nSPS) is 19.2. The predicted molar refractivity (Wildman–Crippen MR) is 190 cm³/mol. The Morgan fingerprint density at radius 3 is 1.57 bits per heavy atom. The molecule has 4 rings (SSSR count). The van der Waals surface area contributed by atoms with E-state index in [2.05, 4.69) is 157 Å². The third-order valence-electron chi connectivity index (χ3n) is 10.2. The summed E-state index contributed by atoms with van der Waals surface area (Å²) in [4.78, 5) is 0. The minimum absolute atomic E-state index is 0.0474. The van der Waals surface area contributed by atoms with Crippen LogP contribution in [0.3, 0.4) is 0 Å². The Morgan fingerprint density at radius 1 is 0.643 bits per heavy atom. The van der Waals surface area contributed by atoms with Crippen LogP contribution in [-0.4, -0.2) is 8.07 Å². The molecule has 3 aromatic carbocycles. The molecule has 224 valence electrons. The van der Waals surface area contributed by atoms with Crippen molar-refractivity contribution in [1.82, 2.24) is 0 Å². The number of allylic oxidation sites excluding steroid dienone is 4. The summed E-state index contributed by atoms with van der Waals surface area (Å²) < 4.78 is 0. The molecule has 0 fully saturated rings. The highest BCUT2D eigenvalue weighted by Crippen LogP contribution is 2.53. The second-order valence-corrected chi connectivity index (χ2v) is 19.8.